The molecule has 1 aliphatic carbocycles. The van der Waals surface area contributed by atoms with Crippen LogP contribution in [-0.2, 0) is 17.8 Å². The van der Waals surface area contributed by atoms with Crippen molar-refractivity contribution in [2.24, 2.45) is 0 Å². The number of carbonyl (C=O) groups excluding carboxylic acids is 1. The van der Waals surface area contributed by atoms with Gasteiger partial charge in [0.15, 0.2) is 6.61 Å². The van der Waals surface area contributed by atoms with Crippen LogP contribution in [0.2, 0.25) is 0 Å². The number of aromatic nitrogens is 2. The minimum Gasteiger partial charge on any atom is -0.484 e. The lowest BCUT2D eigenvalue weighted by atomic mass is 9.94. The van der Waals surface area contributed by atoms with Crippen molar-refractivity contribution in [3.05, 3.63) is 47.5 Å². The van der Waals surface area contributed by atoms with Gasteiger partial charge in [0.2, 0.25) is 0 Å². The number of benzene rings is 1. The maximum absolute atomic E-state index is 12.8. The molecule has 26 heavy (non-hydrogen) atoms. The van der Waals surface area contributed by atoms with Crippen LogP contribution in [0.5, 0.6) is 5.75 Å². The monoisotopic (exact) mass is 371 g/mol. The molecule has 1 heterocycles. The lowest BCUT2D eigenvalue weighted by Crippen LogP contribution is -2.34. The number of hydrogen-bond donors (Lipinski definition) is 1. The molecule has 1 aromatic carbocycles. The molecule has 0 radical (unpaired) electrons. The van der Waals surface area contributed by atoms with Crippen LogP contribution in [0.3, 0.4) is 0 Å². The third-order valence-electron chi connectivity index (χ3n) is 4.00. The Balaban J connectivity index is 1.60. The Kier molecular flexibility index (Phi) is 5.15. The molecule has 1 aromatic heterocycles. The molecular formula is C17H17F4N3O2. The van der Waals surface area contributed by atoms with Crippen LogP contribution in [0.4, 0.5) is 17.6 Å². The molecule has 0 aliphatic heterocycles. The van der Waals surface area contributed by atoms with E-state index >= 15 is 0 Å². The number of nitrogens with one attached hydrogen (secondary N) is 1. The van der Waals surface area contributed by atoms with Crippen molar-refractivity contribution in [2.75, 3.05) is 6.61 Å². The third kappa shape index (κ3) is 4.74. The number of rotatable bonds is 5. The first kappa shape index (κ1) is 18.2. The lowest BCUT2D eigenvalue weighted by molar-refractivity contribution is -0.142. The summed E-state index contributed by atoms with van der Waals surface area (Å²) in [7, 11) is 0. The van der Waals surface area contributed by atoms with E-state index in [1.54, 1.807) is 0 Å². The summed E-state index contributed by atoms with van der Waals surface area (Å²) in [6.45, 7) is -1.44. The summed E-state index contributed by atoms with van der Waals surface area (Å²) in [5.74, 6) is -0.483. The predicted molar refractivity (Wildman–Crippen MR) is 84.0 cm³/mol. The second kappa shape index (κ2) is 7.35. The van der Waals surface area contributed by atoms with Gasteiger partial charge < -0.3 is 10.1 Å². The summed E-state index contributed by atoms with van der Waals surface area (Å²) >= 11 is 0. The maximum atomic E-state index is 12.8. The largest absolute Gasteiger partial charge is 0.484 e. The summed E-state index contributed by atoms with van der Waals surface area (Å²) in [5.41, 5.74) is 1.18. The van der Waals surface area contributed by atoms with Gasteiger partial charge in [0.1, 0.15) is 18.1 Å². The van der Waals surface area contributed by atoms with Crippen molar-refractivity contribution in [3.8, 4) is 5.75 Å². The summed E-state index contributed by atoms with van der Waals surface area (Å²) in [5, 5.41) is 6.74. The number of halogens is 4. The van der Waals surface area contributed by atoms with Crippen LogP contribution in [0.25, 0.3) is 0 Å². The van der Waals surface area contributed by atoms with Crippen LogP contribution in [-0.4, -0.2) is 28.5 Å². The molecule has 1 N–H and O–H groups in total. The smallest absolute Gasteiger partial charge is 0.408 e. The molecular weight excluding hydrogens is 354 g/mol. The highest BCUT2D eigenvalue weighted by Crippen LogP contribution is 2.29. The van der Waals surface area contributed by atoms with Crippen LogP contribution >= 0.6 is 0 Å². The van der Waals surface area contributed by atoms with Crippen molar-refractivity contribution in [1.82, 2.24) is 15.1 Å². The zero-order valence-corrected chi connectivity index (χ0v) is 13.7. The van der Waals surface area contributed by atoms with Gasteiger partial charge in [-0.2, -0.15) is 18.3 Å². The standard InChI is InChI=1S/C17H17F4N3O2/c18-12-4-6-13(7-5-12)26-9-15(25)22-14-3-1-2-11-8-24(23-16(11)14)10-17(19,20)21/h4-8,14H,1-3,9-10H2,(H,22,25). The zero-order valence-electron chi connectivity index (χ0n) is 13.7. The molecule has 1 atom stereocenters. The van der Waals surface area contributed by atoms with E-state index in [4.69, 9.17) is 4.74 Å². The van der Waals surface area contributed by atoms with Crippen LogP contribution in [0.1, 0.15) is 30.1 Å². The number of amides is 1. The molecule has 1 amide bonds. The SMILES string of the molecule is O=C(COc1ccc(F)cc1)NC1CCCc2cn(CC(F)(F)F)nc21. The third-order valence-corrected chi connectivity index (χ3v) is 4.00. The average molecular weight is 371 g/mol. The number of fused-ring (bicyclic) bond motifs is 1. The van der Waals surface area contributed by atoms with E-state index in [0.717, 1.165) is 11.1 Å². The Hall–Kier alpha value is -2.58. The molecule has 0 fully saturated rings. The highest BCUT2D eigenvalue weighted by molar-refractivity contribution is 5.78. The number of hydrogen-bond acceptors (Lipinski definition) is 3. The minimum absolute atomic E-state index is 0.277. The summed E-state index contributed by atoms with van der Waals surface area (Å²) in [4.78, 5) is 12.1. The van der Waals surface area contributed by atoms with E-state index in [1.807, 2.05) is 0 Å². The van der Waals surface area contributed by atoms with Gasteiger partial charge in [-0.1, -0.05) is 0 Å². The molecule has 5 nitrogen and oxygen atoms in total. The molecule has 1 aliphatic rings. The summed E-state index contributed by atoms with van der Waals surface area (Å²) in [6.07, 6.45) is -0.995. The lowest BCUT2D eigenvalue weighted by Gasteiger charge is -2.22. The fourth-order valence-electron chi connectivity index (χ4n) is 2.92. The van der Waals surface area contributed by atoms with Gasteiger partial charge in [-0.05, 0) is 49.1 Å². The number of nitrogens with zero attached hydrogens (tertiary/aromatic N) is 2. The average Bonchev–Trinajstić information content (AvgIpc) is 2.96. The highest BCUT2D eigenvalue weighted by atomic mass is 19.4. The number of ether oxygens (including phenoxy) is 1. The fourth-order valence-corrected chi connectivity index (χ4v) is 2.92. The van der Waals surface area contributed by atoms with Crippen molar-refractivity contribution >= 4 is 5.91 Å². The summed E-state index contributed by atoms with van der Waals surface area (Å²) < 4.78 is 56.5. The molecule has 0 bridgehead atoms. The second-order valence-electron chi connectivity index (χ2n) is 6.11. The van der Waals surface area contributed by atoms with Gasteiger partial charge in [0, 0.05) is 6.20 Å². The molecule has 2 aromatic rings. The van der Waals surface area contributed by atoms with E-state index in [2.05, 4.69) is 10.4 Å². The van der Waals surface area contributed by atoms with Gasteiger partial charge in [-0.3, -0.25) is 9.48 Å². The highest BCUT2D eigenvalue weighted by Gasteiger charge is 2.31. The van der Waals surface area contributed by atoms with Crippen molar-refractivity contribution in [3.63, 3.8) is 0 Å². The Bertz CT molecular complexity index is 771. The second-order valence-corrected chi connectivity index (χ2v) is 6.11. The molecule has 3 rings (SSSR count). The number of aryl methyl sites for hydroxylation is 1. The first-order chi connectivity index (χ1) is 12.3. The minimum atomic E-state index is -4.35. The maximum Gasteiger partial charge on any atom is 0.408 e. The van der Waals surface area contributed by atoms with Gasteiger partial charge in [-0.25, -0.2) is 4.39 Å². The van der Waals surface area contributed by atoms with E-state index in [0.29, 0.717) is 29.8 Å². The van der Waals surface area contributed by atoms with Gasteiger partial charge in [0.25, 0.3) is 5.91 Å². The van der Waals surface area contributed by atoms with E-state index < -0.39 is 30.5 Å². The predicted octanol–water partition coefficient (Wildman–Crippen LogP) is 3.16. The van der Waals surface area contributed by atoms with Crippen LogP contribution < -0.4 is 10.1 Å². The molecule has 0 saturated carbocycles. The van der Waals surface area contributed by atoms with Crippen molar-refractivity contribution < 1.29 is 27.1 Å². The Morgan fingerprint density at radius 1 is 1.31 bits per heavy atom. The first-order valence-electron chi connectivity index (χ1n) is 8.11. The molecule has 0 saturated heterocycles. The van der Waals surface area contributed by atoms with Gasteiger partial charge in [-0.15, -0.1) is 0 Å². The molecule has 9 heteroatoms. The topological polar surface area (TPSA) is 56.1 Å². The number of alkyl halides is 3. The van der Waals surface area contributed by atoms with E-state index in [1.165, 1.54) is 30.5 Å². The first-order valence-corrected chi connectivity index (χ1v) is 8.11. The molecule has 0 spiro atoms. The quantitative estimate of drug-likeness (QED) is 0.822. The fraction of sp³-hybridized carbons (Fsp3) is 0.412. The van der Waals surface area contributed by atoms with E-state index in [9.17, 15) is 22.4 Å². The van der Waals surface area contributed by atoms with Crippen molar-refractivity contribution in [2.45, 2.75) is 38.0 Å². The zero-order chi connectivity index (χ0) is 18.7. The summed E-state index contributed by atoms with van der Waals surface area (Å²) in [6, 6.07) is 4.79. The normalized spacial score (nSPS) is 16.8. The van der Waals surface area contributed by atoms with Crippen molar-refractivity contribution in [1.29, 1.82) is 0 Å². The van der Waals surface area contributed by atoms with Gasteiger partial charge in [0.05, 0.1) is 11.7 Å². The molecule has 140 valence electrons. The Labute approximate surface area is 146 Å². The number of carbonyl (C=O) groups is 1. The van der Waals surface area contributed by atoms with Crippen LogP contribution in [0.15, 0.2) is 30.5 Å². The Morgan fingerprint density at radius 2 is 2.04 bits per heavy atom. The van der Waals surface area contributed by atoms with E-state index in [-0.39, 0.29) is 6.61 Å². The van der Waals surface area contributed by atoms with Crippen LogP contribution in [0, 0.1) is 5.82 Å². The van der Waals surface area contributed by atoms with Gasteiger partial charge >= 0.3 is 6.18 Å². The molecule has 1 unspecified atom stereocenters. The Morgan fingerprint density at radius 3 is 2.73 bits per heavy atom.